The maximum Gasteiger partial charge on any atom is 0.262 e. The van der Waals surface area contributed by atoms with Gasteiger partial charge < -0.3 is 9.47 Å². The molecule has 0 aliphatic carbocycles. The minimum Gasteiger partial charge on any atom is -0.337 e. The van der Waals surface area contributed by atoms with Gasteiger partial charge in [-0.2, -0.15) is 4.31 Å². The average Bonchev–Trinajstić information content (AvgIpc) is 3.06. The number of hydrogen-bond donors (Lipinski definition) is 0. The van der Waals surface area contributed by atoms with Crippen LogP contribution in [0.3, 0.4) is 0 Å². The Morgan fingerprint density at radius 2 is 1.93 bits per heavy atom. The molecule has 0 saturated carbocycles. The number of rotatable bonds is 3. The molecule has 1 aromatic heterocycles. The van der Waals surface area contributed by atoms with Gasteiger partial charge in [-0.3, -0.25) is 4.79 Å². The molecular weight excluding hydrogens is 395 g/mol. The lowest BCUT2D eigenvalue weighted by molar-refractivity contribution is -0.123. The molecule has 2 aliphatic heterocycles. The monoisotopic (exact) mass is 420 g/mol. The summed E-state index contributed by atoms with van der Waals surface area (Å²) in [4.78, 5) is 18.9. The lowest BCUT2D eigenvalue weighted by atomic mass is 9.94. The molecule has 7 nitrogen and oxygen atoms in total. The van der Waals surface area contributed by atoms with Crippen LogP contribution in [-0.2, 0) is 28.3 Å². The second kappa shape index (κ2) is 7.53. The first-order valence-corrected chi connectivity index (χ1v) is 11.3. The van der Waals surface area contributed by atoms with Gasteiger partial charge in [0.15, 0.2) is 5.03 Å². The number of imidazole rings is 1. The summed E-state index contributed by atoms with van der Waals surface area (Å²) in [6.07, 6.45) is 4.09. The number of piperidine rings is 1. The number of benzene rings is 1. The van der Waals surface area contributed by atoms with E-state index in [2.05, 4.69) is 4.98 Å². The standard InChI is InChI=1S/C20H25FN4O3S/c1-14-22-19(13-23(14)2)29(27,28)24-10-7-16(8-11-24)20(26)25-9-3-4-15-5-6-17(21)12-18(15)25/h5-6,12-13,16H,3-4,7-11H2,1-2H3. The number of sulfonamides is 1. The van der Waals surface area contributed by atoms with Crippen LogP contribution in [0.2, 0.25) is 0 Å². The van der Waals surface area contributed by atoms with Crippen molar-refractivity contribution in [2.75, 3.05) is 24.5 Å². The lowest BCUT2D eigenvalue weighted by Crippen LogP contribution is -2.45. The number of carbonyl (C=O) groups is 1. The zero-order chi connectivity index (χ0) is 20.8. The van der Waals surface area contributed by atoms with Crippen LogP contribution in [0.5, 0.6) is 0 Å². The number of aromatic nitrogens is 2. The second-order valence-electron chi connectivity index (χ2n) is 7.78. The maximum absolute atomic E-state index is 13.7. The van der Waals surface area contributed by atoms with E-state index in [1.807, 2.05) is 0 Å². The van der Waals surface area contributed by atoms with Gasteiger partial charge in [-0.05, 0) is 50.3 Å². The fraction of sp³-hybridized carbons (Fsp3) is 0.500. The Morgan fingerprint density at radius 1 is 1.21 bits per heavy atom. The third-order valence-corrected chi connectivity index (χ3v) is 7.70. The van der Waals surface area contributed by atoms with Crippen molar-refractivity contribution in [2.45, 2.75) is 37.6 Å². The van der Waals surface area contributed by atoms with Crippen LogP contribution in [0.25, 0.3) is 0 Å². The van der Waals surface area contributed by atoms with Gasteiger partial charge in [0.1, 0.15) is 11.6 Å². The van der Waals surface area contributed by atoms with E-state index >= 15 is 0 Å². The van der Waals surface area contributed by atoms with Gasteiger partial charge in [-0.15, -0.1) is 0 Å². The van der Waals surface area contributed by atoms with Crippen LogP contribution < -0.4 is 4.90 Å². The smallest absolute Gasteiger partial charge is 0.262 e. The van der Waals surface area contributed by atoms with Crippen molar-refractivity contribution < 1.29 is 17.6 Å². The molecule has 1 aromatic carbocycles. The van der Waals surface area contributed by atoms with Crippen LogP contribution in [0, 0.1) is 18.7 Å². The number of anilines is 1. The molecule has 0 atom stereocenters. The number of carbonyl (C=O) groups excluding carboxylic acids is 1. The molecule has 0 radical (unpaired) electrons. The molecule has 0 spiro atoms. The van der Waals surface area contributed by atoms with Gasteiger partial charge in [-0.1, -0.05) is 6.07 Å². The van der Waals surface area contributed by atoms with Crippen molar-refractivity contribution in [3.8, 4) is 0 Å². The Morgan fingerprint density at radius 3 is 2.59 bits per heavy atom. The first-order valence-electron chi connectivity index (χ1n) is 9.87. The fourth-order valence-electron chi connectivity index (χ4n) is 4.12. The highest BCUT2D eigenvalue weighted by Crippen LogP contribution is 2.32. The minimum absolute atomic E-state index is 0.0396. The summed E-state index contributed by atoms with van der Waals surface area (Å²) >= 11 is 0. The molecule has 0 bridgehead atoms. The Bertz CT molecular complexity index is 1020. The quantitative estimate of drug-likeness (QED) is 0.763. The van der Waals surface area contributed by atoms with Crippen molar-refractivity contribution in [1.82, 2.24) is 13.9 Å². The molecular formula is C20H25FN4O3S. The van der Waals surface area contributed by atoms with Crippen molar-refractivity contribution >= 4 is 21.6 Å². The van der Waals surface area contributed by atoms with Crippen molar-refractivity contribution in [2.24, 2.45) is 13.0 Å². The maximum atomic E-state index is 13.7. The Labute approximate surface area is 170 Å². The third kappa shape index (κ3) is 3.69. The predicted molar refractivity (Wildman–Crippen MR) is 107 cm³/mol. The number of hydrogen-bond acceptors (Lipinski definition) is 4. The fourth-order valence-corrected chi connectivity index (χ4v) is 5.62. The highest BCUT2D eigenvalue weighted by atomic mass is 32.2. The molecule has 0 N–H and O–H groups in total. The Kier molecular flexibility index (Phi) is 5.20. The summed E-state index contributed by atoms with van der Waals surface area (Å²) in [6.45, 7) is 2.88. The van der Waals surface area contributed by atoms with E-state index in [0.29, 0.717) is 30.9 Å². The molecule has 1 amide bonds. The van der Waals surface area contributed by atoms with Crippen LogP contribution in [-0.4, -0.2) is 47.8 Å². The molecule has 29 heavy (non-hydrogen) atoms. The largest absolute Gasteiger partial charge is 0.337 e. The highest BCUT2D eigenvalue weighted by molar-refractivity contribution is 7.89. The number of nitrogens with zero attached hydrogens (tertiary/aromatic N) is 4. The first-order chi connectivity index (χ1) is 13.8. The summed E-state index contributed by atoms with van der Waals surface area (Å²) in [6, 6.07) is 4.60. The van der Waals surface area contributed by atoms with E-state index in [9.17, 15) is 17.6 Å². The van der Waals surface area contributed by atoms with Gasteiger partial charge in [0, 0.05) is 44.5 Å². The van der Waals surface area contributed by atoms with Gasteiger partial charge in [0.25, 0.3) is 10.0 Å². The Hall–Kier alpha value is -2.26. The van der Waals surface area contributed by atoms with Crippen molar-refractivity contribution in [1.29, 1.82) is 0 Å². The summed E-state index contributed by atoms with van der Waals surface area (Å²) in [5.74, 6) is -0.0249. The molecule has 2 aliphatic rings. The zero-order valence-corrected chi connectivity index (χ0v) is 17.5. The van der Waals surface area contributed by atoms with Gasteiger partial charge >= 0.3 is 0 Å². The Balaban J connectivity index is 1.46. The SMILES string of the molecule is Cc1nc(S(=O)(=O)N2CCC(C(=O)N3CCCc4ccc(F)cc43)CC2)cn1C. The normalized spacial score (nSPS) is 18.7. The summed E-state index contributed by atoms with van der Waals surface area (Å²) < 4.78 is 42.5. The average molecular weight is 421 g/mol. The first kappa shape index (κ1) is 20.0. The van der Waals surface area contributed by atoms with E-state index in [1.54, 1.807) is 29.5 Å². The van der Waals surface area contributed by atoms with Crippen LogP contribution >= 0.6 is 0 Å². The molecule has 1 fully saturated rings. The van der Waals surface area contributed by atoms with Crippen LogP contribution in [0.15, 0.2) is 29.4 Å². The third-order valence-electron chi connectivity index (χ3n) is 5.93. The molecule has 156 valence electrons. The minimum atomic E-state index is -3.67. The van der Waals surface area contributed by atoms with E-state index in [1.165, 1.54) is 22.6 Å². The number of amides is 1. The molecule has 3 heterocycles. The van der Waals surface area contributed by atoms with Crippen LogP contribution in [0.1, 0.15) is 30.7 Å². The summed E-state index contributed by atoms with van der Waals surface area (Å²) in [5.41, 5.74) is 1.64. The molecule has 9 heteroatoms. The topological polar surface area (TPSA) is 75.5 Å². The molecule has 0 unspecified atom stereocenters. The van der Waals surface area contributed by atoms with Crippen LogP contribution in [0.4, 0.5) is 10.1 Å². The van der Waals surface area contributed by atoms with E-state index < -0.39 is 10.0 Å². The lowest BCUT2D eigenvalue weighted by Gasteiger charge is -2.35. The number of aryl methyl sites for hydroxylation is 3. The van der Waals surface area contributed by atoms with Gasteiger partial charge in [-0.25, -0.2) is 17.8 Å². The van der Waals surface area contributed by atoms with E-state index in [4.69, 9.17) is 0 Å². The van der Waals surface area contributed by atoms with Gasteiger partial charge in [0.2, 0.25) is 5.91 Å². The van der Waals surface area contributed by atoms with E-state index in [-0.39, 0.29) is 35.8 Å². The number of halogens is 1. The predicted octanol–water partition coefficient (Wildman–Crippen LogP) is 2.25. The zero-order valence-electron chi connectivity index (χ0n) is 16.6. The summed E-state index contributed by atoms with van der Waals surface area (Å²) in [5, 5.41) is 0.0442. The molecule has 1 saturated heterocycles. The van der Waals surface area contributed by atoms with Gasteiger partial charge in [0.05, 0.1) is 0 Å². The van der Waals surface area contributed by atoms with Crippen molar-refractivity contribution in [3.05, 3.63) is 41.6 Å². The van der Waals surface area contributed by atoms with Crippen molar-refractivity contribution in [3.63, 3.8) is 0 Å². The van der Waals surface area contributed by atoms with E-state index in [0.717, 1.165) is 18.4 Å². The molecule has 2 aromatic rings. The highest BCUT2D eigenvalue weighted by Gasteiger charge is 2.36. The molecule has 4 rings (SSSR count). The number of fused-ring (bicyclic) bond motifs is 1. The second-order valence-corrected chi connectivity index (χ2v) is 9.67. The summed E-state index contributed by atoms with van der Waals surface area (Å²) in [7, 11) is -1.91.